The summed E-state index contributed by atoms with van der Waals surface area (Å²) < 4.78 is 0. The van der Waals surface area contributed by atoms with Gasteiger partial charge in [-0.05, 0) is 34.4 Å². The van der Waals surface area contributed by atoms with Crippen LogP contribution < -0.4 is 20.8 Å². The molecule has 1 heterocycles. The summed E-state index contributed by atoms with van der Waals surface area (Å²) in [6.45, 7) is -2.73. The van der Waals surface area contributed by atoms with E-state index in [1.165, 1.54) is 4.90 Å². The van der Waals surface area contributed by atoms with E-state index in [4.69, 9.17) is 0 Å². The van der Waals surface area contributed by atoms with E-state index >= 15 is 0 Å². The maximum Gasteiger partial charge on any atom is 0.323 e. The highest BCUT2D eigenvalue weighted by Gasteiger charge is 2.39. The predicted molar refractivity (Wildman–Crippen MR) is 140 cm³/mol. The molecular weight excluding hydrogens is 441 g/mol. The summed E-state index contributed by atoms with van der Waals surface area (Å²) in [5, 5.41) is 12.9. The third kappa shape index (κ3) is 3.76. The lowest BCUT2D eigenvalue weighted by molar-refractivity contribution is -0.136. The van der Waals surface area contributed by atoms with E-state index in [-0.39, 0.29) is 12.5 Å². The summed E-state index contributed by atoms with van der Waals surface area (Å²) in [6, 6.07) is 38.5. The Balaban J connectivity index is 1.84. The number of fused-ring (bicyclic) bond motifs is 1. The number of carboxylic acid groups (broad SMARTS) is 1. The Labute approximate surface area is 199 Å². The van der Waals surface area contributed by atoms with Crippen LogP contribution in [0.5, 0.6) is 0 Å². The van der Waals surface area contributed by atoms with Crippen molar-refractivity contribution in [3.05, 3.63) is 121 Å². The molecule has 0 saturated carbocycles. The van der Waals surface area contributed by atoms with Gasteiger partial charge in [0, 0.05) is 5.69 Å². The molecule has 0 spiro atoms. The van der Waals surface area contributed by atoms with Gasteiger partial charge in [0.25, 0.3) is 0 Å². The second-order valence-corrected chi connectivity index (χ2v) is 11.5. The number of hydrogen-bond acceptors (Lipinski definition) is 2. The number of hydrogen-bond donors (Lipinski definition) is 1. The van der Waals surface area contributed by atoms with Gasteiger partial charge in [-0.2, -0.15) is 0 Å². The first-order chi connectivity index (χ1) is 16.6. The first-order valence-electron chi connectivity index (χ1n) is 11.1. The number of para-hydroxylation sites is 1. The van der Waals surface area contributed by atoms with Crippen molar-refractivity contribution < 1.29 is 14.7 Å². The maximum absolute atomic E-state index is 13.7. The number of anilines is 1. The molecule has 0 aliphatic carbocycles. The quantitative estimate of drug-likeness (QED) is 0.438. The molecule has 1 amide bonds. The standard InChI is InChI=1S/C29H24NO3P/c31-28(32)20-30-27-19-11-10-18-25(27)26(29(30)33)21-34(22-12-4-1-5-13-22,23-14-6-2-7-15-23)24-16-8-3-9-17-24/h1-19,21,26H,20H2,(H,31,32). The van der Waals surface area contributed by atoms with E-state index in [0.29, 0.717) is 5.69 Å². The first-order valence-corrected chi connectivity index (χ1v) is 13.0. The molecule has 1 N–H and O–H groups in total. The Morgan fingerprint density at radius 3 is 1.65 bits per heavy atom. The molecule has 168 valence electrons. The molecule has 0 bridgehead atoms. The van der Waals surface area contributed by atoms with Crippen molar-refractivity contribution in [2.75, 3.05) is 11.4 Å². The van der Waals surface area contributed by atoms with Crippen LogP contribution in [0.4, 0.5) is 5.69 Å². The normalized spacial score (nSPS) is 15.1. The van der Waals surface area contributed by atoms with Gasteiger partial charge in [-0.15, -0.1) is 0 Å². The van der Waals surface area contributed by atoms with Crippen LogP contribution in [0.15, 0.2) is 115 Å². The minimum atomic E-state index is -2.38. The van der Waals surface area contributed by atoms with Crippen molar-refractivity contribution in [3.63, 3.8) is 0 Å². The highest BCUT2D eigenvalue weighted by atomic mass is 31.2. The first kappa shape index (κ1) is 21.9. The Morgan fingerprint density at radius 2 is 1.18 bits per heavy atom. The molecule has 1 aliphatic rings. The van der Waals surface area contributed by atoms with Crippen molar-refractivity contribution in [1.29, 1.82) is 0 Å². The van der Waals surface area contributed by atoms with E-state index in [1.54, 1.807) is 0 Å². The molecule has 1 unspecified atom stereocenters. The molecule has 4 nitrogen and oxygen atoms in total. The second-order valence-electron chi connectivity index (χ2n) is 8.23. The zero-order valence-electron chi connectivity index (χ0n) is 18.5. The molecule has 0 fully saturated rings. The minimum Gasteiger partial charge on any atom is -0.480 e. The van der Waals surface area contributed by atoms with Crippen LogP contribution in [-0.4, -0.2) is 29.3 Å². The molecule has 4 aromatic carbocycles. The lowest BCUT2D eigenvalue weighted by Gasteiger charge is -2.30. The molecule has 0 saturated heterocycles. The van der Waals surface area contributed by atoms with Crippen LogP contribution in [0.1, 0.15) is 11.5 Å². The zero-order valence-corrected chi connectivity index (χ0v) is 19.4. The number of carbonyl (C=O) groups excluding carboxylic acids is 1. The van der Waals surface area contributed by atoms with Crippen molar-refractivity contribution in [2.24, 2.45) is 0 Å². The lowest BCUT2D eigenvalue weighted by Crippen LogP contribution is -2.35. The zero-order chi connectivity index (χ0) is 23.5. The van der Waals surface area contributed by atoms with E-state index in [2.05, 4.69) is 42.2 Å². The molecule has 34 heavy (non-hydrogen) atoms. The summed E-state index contributed by atoms with van der Waals surface area (Å²) in [6.07, 6.45) is 0. The number of amides is 1. The van der Waals surface area contributed by atoms with Crippen LogP contribution in [0, 0.1) is 0 Å². The fraction of sp³-hybridized carbons (Fsp3) is 0.0690. The van der Waals surface area contributed by atoms with Crippen molar-refractivity contribution in [3.8, 4) is 0 Å². The smallest absolute Gasteiger partial charge is 0.323 e. The second kappa shape index (κ2) is 9.17. The van der Waals surface area contributed by atoms with E-state index in [1.807, 2.05) is 78.9 Å². The average Bonchev–Trinajstić information content (AvgIpc) is 3.14. The lowest BCUT2D eigenvalue weighted by atomic mass is 10.0. The average molecular weight is 465 g/mol. The number of aliphatic carboxylic acids is 1. The minimum absolute atomic E-state index is 0.198. The third-order valence-corrected chi connectivity index (χ3v) is 10.3. The number of benzene rings is 4. The predicted octanol–water partition coefficient (Wildman–Crippen LogP) is 4.00. The van der Waals surface area contributed by atoms with Gasteiger partial charge in [0.2, 0.25) is 5.91 Å². The van der Waals surface area contributed by atoms with Gasteiger partial charge in [0.15, 0.2) is 0 Å². The number of carboxylic acids is 1. The van der Waals surface area contributed by atoms with Gasteiger partial charge in [-0.1, -0.05) is 115 Å². The number of rotatable bonds is 6. The van der Waals surface area contributed by atoms with Gasteiger partial charge in [0.05, 0.1) is 5.92 Å². The maximum atomic E-state index is 13.7. The van der Waals surface area contributed by atoms with Crippen LogP contribution in [0.2, 0.25) is 0 Å². The summed E-state index contributed by atoms with van der Waals surface area (Å²) >= 11 is 0. The van der Waals surface area contributed by atoms with Gasteiger partial charge in [-0.25, -0.2) is 0 Å². The molecule has 0 aromatic heterocycles. The third-order valence-electron chi connectivity index (χ3n) is 6.25. The molecule has 1 aliphatic heterocycles. The fourth-order valence-electron chi connectivity index (χ4n) is 4.78. The fourth-order valence-corrected chi connectivity index (χ4v) is 8.85. The number of carbonyl (C=O) groups is 2. The number of nitrogens with zero attached hydrogens (tertiary/aromatic N) is 1. The van der Waals surface area contributed by atoms with Crippen LogP contribution in [0.25, 0.3) is 0 Å². The molecule has 4 aromatic rings. The van der Waals surface area contributed by atoms with Crippen LogP contribution >= 0.6 is 6.89 Å². The SMILES string of the molecule is O=C(O)CN1C(=O)C(C=P(c2ccccc2)(c2ccccc2)c2ccccc2)c2ccccc21. The van der Waals surface area contributed by atoms with Gasteiger partial charge in [-0.3, -0.25) is 9.59 Å². The van der Waals surface area contributed by atoms with Gasteiger partial charge in [0.1, 0.15) is 6.54 Å². The Bertz CT molecular complexity index is 1280. The van der Waals surface area contributed by atoms with Crippen LogP contribution in [0.3, 0.4) is 0 Å². The van der Waals surface area contributed by atoms with Crippen molar-refractivity contribution in [2.45, 2.75) is 5.92 Å². The van der Waals surface area contributed by atoms with Gasteiger partial charge >= 0.3 is 5.97 Å². The molecule has 5 heteroatoms. The largest absolute Gasteiger partial charge is 0.480 e. The molecule has 1 atom stereocenters. The summed E-state index contributed by atoms with van der Waals surface area (Å²) in [4.78, 5) is 26.7. The Kier molecular flexibility index (Phi) is 5.91. The van der Waals surface area contributed by atoms with E-state index in [9.17, 15) is 14.7 Å². The summed E-state index contributed by atoms with van der Waals surface area (Å²) in [5.41, 5.74) is 1.52. The Hall–Kier alpha value is -3.88. The monoisotopic (exact) mass is 465 g/mol. The highest BCUT2D eigenvalue weighted by Crippen LogP contribution is 2.48. The van der Waals surface area contributed by atoms with Crippen LogP contribution in [-0.2, 0) is 9.59 Å². The highest BCUT2D eigenvalue weighted by molar-refractivity contribution is 7.94. The van der Waals surface area contributed by atoms with E-state index in [0.717, 1.165) is 21.5 Å². The van der Waals surface area contributed by atoms with Crippen molar-refractivity contribution in [1.82, 2.24) is 0 Å². The summed E-state index contributed by atoms with van der Waals surface area (Å²) in [5.74, 6) is 0.426. The topological polar surface area (TPSA) is 57.6 Å². The molecule has 5 rings (SSSR count). The van der Waals surface area contributed by atoms with Gasteiger partial charge < -0.3 is 10.0 Å². The molecule has 0 radical (unpaired) electrons. The van der Waals surface area contributed by atoms with E-state index < -0.39 is 18.8 Å². The van der Waals surface area contributed by atoms with Crippen molar-refractivity contribution >= 4 is 46.2 Å². The molecular formula is C29H24NO3P. The Morgan fingerprint density at radius 1 is 0.735 bits per heavy atom. The summed E-state index contributed by atoms with van der Waals surface area (Å²) in [7, 11) is 0.